The molecule has 4 nitrogen and oxygen atoms in total. The van der Waals surface area contributed by atoms with Crippen LogP contribution in [0.1, 0.15) is 51.4 Å². The second-order valence-corrected chi connectivity index (χ2v) is 6.62. The maximum absolute atomic E-state index is 12.4. The fraction of sp³-hybridized carbons (Fsp3) is 0.867. The third-order valence-electron chi connectivity index (χ3n) is 5.43. The van der Waals surface area contributed by atoms with Gasteiger partial charge < -0.3 is 10.0 Å². The van der Waals surface area contributed by atoms with Gasteiger partial charge in [-0.1, -0.05) is 6.42 Å². The zero-order valence-electron chi connectivity index (χ0n) is 11.4. The fourth-order valence-corrected chi connectivity index (χ4v) is 4.55. The van der Waals surface area contributed by atoms with Gasteiger partial charge in [-0.2, -0.15) is 0 Å². The van der Waals surface area contributed by atoms with Crippen molar-refractivity contribution in [1.29, 1.82) is 0 Å². The number of nitrogens with zero attached hydrogens (tertiary/aromatic N) is 1. The molecule has 0 aromatic rings. The van der Waals surface area contributed by atoms with E-state index in [0.717, 1.165) is 31.2 Å². The Morgan fingerprint density at radius 1 is 1.11 bits per heavy atom. The maximum atomic E-state index is 12.4. The van der Waals surface area contributed by atoms with E-state index in [-0.39, 0.29) is 18.4 Å². The van der Waals surface area contributed by atoms with Crippen LogP contribution in [0.2, 0.25) is 0 Å². The minimum atomic E-state index is -0.787. The molecule has 3 fully saturated rings. The summed E-state index contributed by atoms with van der Waals surface area (Å²) in [7, 11) is 0. The van der Waals surface area contributed by atoms with E-state index >= 15 is 0 Å². The third-order valence-corrected chi connectivity index (χ3v) is 5.43. The Morgan fingerprint density at radius 3 is 2.58 bits per heavy atom. The standard InChI is InChI=1S/C15H23NO3/c17-14(8-12-7-10-3-4-11(12)6-10)16-5-1-2-13(16)9-15(18)19/h10-13H,1-9H2,(H,18,19). The monoisotopic (exact) mass is 265 g/mol. The van der Waals surface area contributed by atoms with Crippen molar-refractivity contribution in [3.8, 4) is 0 Å². The number of carboxylic acid groups (broad SMARTS) is 1. The summed E-state index contributed by atoms with van der Waals surface area (Å²) in [5, 5.41) is 8.91. The third kappa shape index (κ3) is 2.63. The van der Waals surface area contributed by atoms with Crippen LogP contribution in [0.25, 0.3) is 0 Å². The molecule has 106 valence electrons. The highest BCUT2D eigenvalue weighted by Crippen LogP contribution is 2.49. The van der Waals surface area contributed by atoms with Crippen LogP contribution in [0.4, 0.5) is 0 Å². The van der Waals surface area contributed by atoms with E-state index in [1.54, 1.807) is 0 Å². The normalized spacial score (nSPS) is 36.9. The van der Waals surface area contributed by atoms with Gasteiger partial charge in [0.05, 0.1) is 6.42 Å². The first kappa shape index (κ1) is 12.9. The lowest BCUT2D eigenvalue weighted by Gasteiger charge is -2.27. The average Bonchev–Trinajstić information content (AvgIpc) is 3.03. The van der Waals surface area contributed by atoms with Gasteiger partial charge in [0.15, 0.2) is 0 Å². The number of amides is 1. The van der Waals surface area contributed by atoms with Crippen LogP contribution in [0.5, 0.6) is 0 Å². The van der Waals surface area contributed by atoms with Gasteiger partial charge in [-0.15, -0.1) is 0 Å². The number of likely N-dealkylation sites (tertiary alicyclic amines) is 1. The van der Waals surface area contributed by atoms with E-state index in [1.807, 2.05) is 4.90 Å². The van der Waals surface area contributed by atoms with Crippen molar-refractivity contribution < 1.29 is 14.7 Å². The topological polar surface area (TPSA) is 57.6 Å². The molecule has 2 aliphatic carbocycles. The van der Waals surface area contributed by atoms with Gasteiger partial charge in [-0.05, 0) is 49.9 Å². The Morgan fingerprint density at radius 2 is 1.95 bits per heavy atom. The molecule has 0 spiro atoms. The number of carbonyl (C=O) groups is 2. The Bertz CT molecular complexity index is 382. The van der Waals surface area contributed by atoms with Crippen molar-refractivity contribution in [3.05, 3.63) is 0 Å². The van der Waals surface area contributed by atoms with Crippen LogP contribution in [0.3, 0.4) is 0 Å². The molecule has 2 bridgehead atoms. The Balaban J connectivity index is 1.56. The van der Waals surface area contributed by atoms with Crippen molar-refractivity contribution >= 4 is 11.9 Å². The predicted octanol–water partition coefficient (Wildman–Crippen LogP) is 2.28. The lowest BCUT2D eigenvalue weighted by atomic mass is 9.86. The lowest BCUT2D eigenvalue weighted by molar-refractivity contribution is -0.140. The molecule has 0 aromatic carbocycles. The quantitative estimate of drug-likeness (QED) is 0.848. The molecule has 3 aliphatic rings. The second-order valence-electron chi connectivity index (χ2n) is 6.62. The number of hydrogen-bond donors (Lipinski definition) is 1. The molecule has 3 rings (SSSR count). The number of fused-ring (bicyclic) bond motifs is 2. The van der Waals surface area contributed by atoms with Crippen LogP contribution in [-0.2, 0) is 9.59 Å². The zero-order valence-corrected chi connectivity index (χ0v) is 11.4. The van der Waals surface area contributed by atoms with E-state index < -0.39 is 5.97 Å². The van der Waals surface area contributed by atoms with Crippen LogP contribution in [0.15, 0.2) is 0 Å². The van der Waals surface area contributed by atoms with Crippen LogP contribution in [0, 0.1) is 17.8 Å². The summed E-state index contributed by atoms with van der Waals surface area (Å²) >= 11 is 0. The van der Waals surface area contributed by atoms with E-state index in [0.29, 0.717) is 12.3 Å². The fourth-order valence-electron chi connectivity index (χ4n) is 4.55. The predicted molar refractivity (Wildman–Crippen MR) is 70.5 cm³/mol. The summed E-state index contributed by atoms with van der Waals surface area (Å²) in [6.45, 7) is 0.762. The highest BCUT2D eigenvalue weighted by molar-refractivity contribution is 5.78. The van der Waals surface area contributed by atoms with Crippen LogP contribution in [-0.4, -0.2) is 34.5 Å². The van der Waals surface area contributed by atoms with Gasteiger partial charge >= 0.3 is 5.97 Å². The molecule has 4 unspecified atom stereocenters. The van der Waals surface area contributed by atoms with Crippen molar-refractivity contribution in [2.24, 2.45) is 17.8 Å². The van der Waals surface area contributed by atoms with E-state index in [4.69, 9.17) is 5.11 Å². The van der Waals surface area contributed by atoms with E-state index in [1.165, 1.54) is 25.7 Å². The molecule has 4 atom stereocenters. The number of aliphatic carboxylic acids is 1. The number of carbonyl (C=O) groups excluding carboxylic acids is 1. The van der Waals surface area contributed by atoms with Gasteiger partial charge in [0, 0.05) is 19.0 Å². The SMILES string of the molecule is O=C(O)CC1CCCN1C(=O)CC1CC2CCC1C2. The maximum Gasteiger partial charge on any atom is 0.305 e. The lowest BCUT2D eigenvalue weighted by Crippen LogP contribution is -2.38. The number of hydrogen-bond acceptors (Lipinski definition) is 2. The highest BCUT2D eigenvalue weighted by atomic mass is 16.4. The Labute approximate surface area is 114 Å². The number of rotatable bonds is 4. The first-order valence-corrected chi connectivity index (χ1v) is 7.64. The summed E-state index contributed by atoms with van der Waals surface area (Å²) < 4.78 is 0. The molecule has 1 amide bonds. The van der Waals surface area contributed by atoms with Gasteiger partial charge in [0.25, 0.3) is 0 Å². The molecule has 1 aliphatic heterocycles. The van der Waals surface area contributed by atoms with Crippen LogP contribution < -0.4 is 0 Å². The minimum Gasteiger partial charge on any atom is -0.481 e. The van der Waals surface area contributed by atoms with Crippen molar-refractivity contribution in [2.45, 2.75) is 57.4 Å². The van der Waals surface area contributed by atoms with E-state index in [9.17, 15) is 9.59 Å². The molecule has 1 heterocycles. The number of carboxylic acids is 1. The first-order chi connectivity index (χ1) is 9.13. The zero-order chi connectivity index (χ0) is 13.4. The summed E-state index contributed by atoms with van der Waals surface area (Å²) in [5.41, 5.74) is 0. The van der Waals surface area contributed by atoms with Crippen molar-refractivity contribution in [3.63, 3.8) is 0 Å². The van der Waals surface area contributed by atoms with Gasteiger partial charge in [-0.3, -0.25) is 9.59 Å². The molecular weight excluding hydrogens is 242 g/mol. The first-order valence-electron chi connectivity index (χ1n) is 7.64. The molecule has 1 saturated heterocycles. The second kappa shape index (κ2) is 5.14. The molecule has 1 N–H and O–H groups in total. The average molecular weight is 265 g/mol. The summed E-state index contributed by atoms with van der Waals surface area (Å²) in [5.74, 6) is 1.65. The molecule has 2 saturated carbocycles. The molecule has 19 heavy (non-hydrogen) atoms. The van der Waals surface area contributed by atoms with Gasteiger partial charge in [-0.25, -0.2) is 0 Å². The Kier molecular flexibility index (Phi) is 3.50. The van der Waals surface area contributed by atoms with Gasteiger partial charge in [0.1, 0.15) is 0 Å². The molecule has 0 aromatic heterocycles. The summed E-state index contributed by atoms with van der Waals surface area (Å²) in [6.07, 6.45) is 7.82. The molecule has 0 radical (unpaired) electrons. The minimum absolute atomic E-state index is 0.0522. The van der Waals surface area contributed by atoms with Crippen molar-refractivity contribution in [2.75, 3.05) is 6.54 Å². The summed E-state index contributed by atoms with van der Waals surface area (Å²) in [4.78, 5) is 25.1. The molecular formula is C15H23NO3. The smallest absolute Gasteiger partial charge is 0.305 e. The van der Waals surface area contributed by atoms with Crippen LogP contribution >= 0.6 is 0 Å². The Hall–Kier alpha value is -1.06. The molecule has 4 heteroatoms. The van der Waals surface area contributed by atoms with Gasteiger partial charge in [0.2, 0.25) is 5.91 Å². The largest absolute Gasteiger partial charge is 0.481 e. The highest BCUT2D eigenvalue weighted by Gasteiger charge is 2.41. The summed E-state index contributed by atoms with van der Waals surface area (Å²) in [6, 6.07) is -0.0522. The van der Waals surface area contributed by atoms with E-state index in [2.05, 4.69) is 0 Å². The van der Waals surface area contributed by atoms with Crippen molar-refractivity contribution in [1.82, 2.24) is 4.90 Å².